The molecule has 1 aromatic heterocycles. The Morgan fingerprint density at radius 3 is 2.46 bits per heavy atom. The number of aromatic nitrogens is 2. The molecule has 0 saturated heterocycles. The lowest BCUT2D eigenvalue weighted by molar-refractivity contribution is 0.0523. The highest BCUT2D eigenvalue weighted by Crippen LogP contribution is 2.27. The molecule has 7 heteroatoms. The number of hydrogen-bond acceptors (Lipinski definition) is 5. The molecule has 2 aromatic carbocycles. The molecule has 3 rings (SSSR count). The minimum Gasteiger partial charge on any atom is -0.497 e. The fourth-order valence-corrected chi connectivity index (χ4v) is 2.76. The molecule has 3 aromatic rings. The van der Waals surface area contributed by atoms with Crippen molar-refractivity contribution in [1.82, 2.24) is 15.5 Å². The topological polar surface area (TPSA) is 93.3 Å². The Hall–Kier alpha value is -3.35. The lowest BCUT2D eigenvalue weighted by atomic mass is 10.0. The number of nitrogens with zero attached hydrogens (tertiary/aromatic N) is 1. The van der Waals surface area contributed by atoms with Crippen LogP contribution in [0.25, 0.3) is 22.0 Å². The molecule has 0 aliphatic carbocycles. The molecule has 7 nitrogen and oxygen atoms in total. The van der Waals surface area contributed by atoms with Gasteiger partial charge in [0.05, 0.1) is 18.2 Å². The zero-order valence-corrected chi connectivity index (χ0v) is 16.3. The van der Waals surface area contributed by atoms with Crippen LogP contribution in [0.5, 0.6) is 5.75 Å². The number of benzene rings is 2. The van der Waals surface area contributed by atoms with Crippen molar-refractivity contribution >= 4 is 16.9 Å². The van der Waals surface area contributed by atoms with E-state index in [1.807, 2.05) is 51.1 Å². The summed E-state index contributed by atoms with van der Waals surface area (Å²) in [5.74, 6) is 0.610. The molecule has 0 aliphatic heterocycles. The summed E-state index contributed by atoms with van der Waals surface area (Å²) in [5.41, 5.74) is 1.64. The number of hydrogen-bond donors (Lipinski definition) is 2. The van der Waals surface area contributed by atoms with E-state index in [0.717, 1.165) is 16.5 Å². The van der Waals surface area contributed by atoms with E-state index in [-0.39, 0.29) is 5.56 Å². The molecule has 0 spiro atoms. The molecular weight excluding hydrogens is 358 g/mol. The first-order valence-electron chi connectivity index (χ1n) is 8.89. The third kappa shape index (κ3) is 4.49. The normalized spacial score (nSPS) is 11.3. The fraction of sp³-hybridized carbons (Fsp3) is 0.286. The standard InChI is InChI=1S/C21H23N3O4/c1-21(2,3)28-20(26)22-12-13-5-7-14(8-6-13)18-16-10-9-15(27-4)11-17(16)19(25)24-23-18/h5-11H,12H2,1-4H3,(H,22,26)(H,24,25). The van der Waals surface area contributed by atoms with Gasteiger partial charge in [-0.25, -0.2) is 9.89 Å². The maximum Gasteiger partial charge on any atom is 0.407 e. The second-order valence-electron chi connectivity index (χ2n) is 7.37. The SMILES string of the molecule is COc1ccc2c(-c3ccc(CNC(=O)OC(C)(C)C)cc3)n[nH]c(=O)c2c1. The molecule has 146 valence electrons. The van der Waals surface area contributed by atoms with Gasteiger partial charge in [0.1, 0.15) is 11.4 Å². The number of rotatable bonds is 4. The zero-order valence-electron chi connectivity index (χ0n) is 16.3. The number of aromatic amines is 1. The lowest BCUT2D eigenvalue weighted by Gasteiger charge is -2.19. The Bertz CT molecular complexity index is 1050. The molecular formula is C21H23N3O4. The Kier molecular flexibility index (Phi) is 5.35. The predicted octanol–water partition coefficient (Wildman–Crippen LogP) is 3.62. The van der Waals surface area contributed by atoms with E-state index >= 15 is 0 Å². The number of H-pyrrole nitrogens is 1. The van der Waals surface area contributed by atoms with Crippen molar-refractivity contribution in [2.75, 3.05) is 7.11 Å². The number of fused-ring (bicyclic) bond motifs is 1. The van der Waals surface area contributed by atoms with Gasteiger partial charge in [0, 0.05) is 17.5 Å². The van der Waals surface area contributed by atoms with Crippen LogP contribution in [-0.4, -0.2) is 29.0 Å². The quantitative estimate of drug-likeness (QED) is 0.720. The van der Waals surface area contributed by atoms with Crippen molar-refractivity contribution in [2.45, 2.75) is 32.9 Å². The van der Waals surface area contributed by atoms with Crippen LogP contribution in [0.15, 0.2) is 47.3 Å². The van der Waals surface area contributed by atoms with E-state index in [0.29, 0.717) is 23.4 Å². The van der Waals surface area contributed by atoms with Crippen molar-refractivity contribution < 1.29 is 14.3 Å². The molecule has 1 amide bonds. The highest BCUT2D eigenvalue weighted by Gasteiger charge is 2.15. The molecule has 0 radical (unpaired) electrons. The molecule has 0 saturated carbocycles. The predicted molar refractivity (Wildman–Crippen MR) is 107 cm³/mol. The summed E-state index contributed by atoms with van der Waals surface area (Å²) in [6, 6.07) is 12.9. The van der Waals surface area contributed by atoms with Gasteiger partial charge >= 0.3 is 6.09 Å². The number of carbonyl (C=O) groups excluding carboxylic acids is 1. The van der Waals surface area contributed by atoms with Crippen LogP contribution in [0.2, 0.25) is 0 Å². The average molecular weight is 381 g/mol. The Morgan fingerprint density at radius 2 is 1.82 bits per heavy atom. The second kappa shape index (κ2) is 7.72. The number of methoxy groups -OCH3 is 1. The van der Waals surface area contributed by atoms with E-state index in [2.05, 4.69) is 15.5 Å². The highest BCUT2D eigenvalue weighted by molar-refractivity contribution is 5.94. The summed E-state index contributed by atoms with van der Waals surface area (Å²) in [5, 5.41) is 10.7. The molecule has 0 bridgehead atoms. The Balaban J connectivity index is 1.81. The molecule has 0 fully saturated rings. The molecule has 1 heterocycles. The Labute approximate surface area is 162 Å². The monoisotopic (exact) mass is 381 g/mol. The van der Waals surface area contributed by atoms with E-state index in [1.165, 1.54) is 0 Å². The van der Waals surface area contributed by atoms with Crippen LogP contribution in [0.1, 0.15) is 26.3 Å². The first-order valence-corrected chi connectivity index (χ1v) is 8.89. The highest BCUT2D eigenvalue weighted by atomic mass is 16.6. The van der Waals surface area contributed by atoms with Crippen LogP contribution in [0.3, 0.4) is 0 Å². The fourth-order valence-electron chi connectivity index (χ4n) is 2.76. The summed E-state index contributed by atoms with van der Waals surface area (Å²) in [7, 11) is 1.56. The van der Waals surface area contributed by atoms with Crippen molar-refractivity contribution in [1.29, 1.82) is 0 Å². The largest absolute Gasteiger partial charge is 0.497 e. The lowest BCUT2D eigenvalue weighted by Crippen LogP contribution is -2.32. The summed E-state index contributed by atoms with van der Waals surface area (Å²) >= 11 is 0. The Morgan fingerprint density at radius 1 is 1.11 bits per heavy atom. The number of alkyl carbamates (subject to hydrolysis) is 1. The second-order valence-corrected chi connectivity index (χ2v) is 7.37. The number of nitrogens with one attached hydrogen (secondary N) is 2. The zero-order chi connectivity index (χ0) is 20.3. The van der Waals surface area contributed by atoms with Gasteiger partial charge in [-0.15, -0.1) is 0 Å². The smallest absolute Gasteiger partial charge is 0.407 e. The van der Waals surface area contributed by atoms with Crippen molar-refractivity contribution in [2.24, 2.45) is 0 Å². The van der Waals surface area contributed by atoms with Gasteiger partial charge in [0.15, 0.2) is 0 Å². The number of ether oxygens (including phenoxy) is 2. The van der Waals surface area contributed by atoms with Gasteiger partial charge in [0.25, 0.3) is 5.56 Å². The van der Waals surface area contributed by atoms with Gasteiger partial charge in [0.2, 0.25) is 0 Å². The molecule has 0 aliphatic rings. The van der Waals surface area contributed by atoms with E-state index in [4.69, 9.17) is 9.47 Å². The van der Waals surface area contributed by atoms with Crippen LogP contribution in [0, 0.1) is 0 Å². The van der Waals surface area contributed by atoms with E-state index < -0.39 is 11.7 Å². The van der Waals surface area contributed by atoms with E-state index in [1.54, 1.807) is 19.2 Å². The molecule has 0 unspecified atom stereocenters. The van der Waals surface area contributed by atoms with Crippen LogP contribution in [0.4, 0.5) is 4.79 Å². The molecule has 2 N–H and O–H groups in total. The third-order valence-electron chi connectivity index (χ3n) is 4.06. The number of carbonyl (C=O) groups is 1. The first-order chi connectivity index (χ1) is 13.3. The van der Waals surface area contributed by atoms with Gasteiger partial charge in [-0.3, -0.25) is 4.79 Å². The summed E-state index contributed by atoms with van der Waals surface area (Å²) in [4.78, 5) is 23.9. The van der Waals surface area contributed by atoms with Crippen molar-refractivity contribution in [3.63, 3.8) is 0 Å². The van der Waals surface area contributed by atoms with E-state index in [9.17, 15) is 9.59 Å². The first kappa shape index (κ1) is 19.4. The summed E-state index contributed by atoms with van der Waals surface area (Å²) < 4.78 is 10.4. The van der Waals surface area contributed by atoms with Crippen molar-refractivity contribution in [3.8, 4) is 17.0 Å². The maximum absolute atomic E-state index is 12.1. The minimum atomic E-state index is -0.534. The van der Waals surface area contributed by atoms with Gasteiger partial charge in [-0.1, -0.05) is 24.3 Å². The van der Waals surface area contributed by atoms with Crippen LogP contribution in [-0.2, 0) is 11.3 Å². The van der Waals surface area contributed by atoms with Crippen LogP contribution >= 0.6 is 0 Å². The third-order valence-corrected chi connectivity index (χ3v) is 4.06. The minimum absolute atomic E-state index is 0.268. The van der Waals surface area contributed by atoms with Gasteiger partial charge < -0.3 is 14.8 Å². The van der Waals surface area contributed by atoms with Gasteiger partial charge in [-0.05, 0) is 44.5 Å². The summed E-state index contributed by atoms with van der Waals surface area (Å²) in [6.45, 7) is 5.81. The van der Waals surface area contributed by atoms with Gasteiger partial charge in [-0.2, -0.15) is 5.10 Å². The van der Waals surface area contributed by atoms with Crippen LogP contribution < -0.4 is 15.6 Å². The number of amides is 1. The maximum atomic E-state index is 12.1. The molecule has 0 atom stereocenters. The van der Waals surface area contributed by atoms with Crippen molar-refractivity contribution in [3.05, 3.63) is 58.4 Å². The average Bonchev–Trinajstić information content (AvgIpc) is 2.66. The summed E-state index contributed by atoms with van der Waals surface area (Å²) in [6.07, 6.45) is -0.459. The molecule has 28 heavy (non-hydrogen) atoms.